The molecule has 0 spiro atoms. The monoisotopic (exact) mass is 406 g/mol. The van der Waals surface area contributed by atoms with Crippen molar-refractivity contribution in [1.29, 1.82) is 0 Å². The second kappa shape index (κ2) is 8.60. The van der Waals surface area contributed by atoms with Crippen LogP contribution in [0.25, 0.3) is 5.69 Å². The Labute approximate surface area is 161 Å². The van der Waals surface area contributed by atoms with E-state index in [0.717, 1.165) is 22.8 Å². The summed E-state index contributed by atoms with van der Waals surface area (Å²) in [5.41, 5.74) is 0.889. The third-order valence-electron chi connectivity index (χ3n) is 3.24. The van der Waals surface area contributed by atoms with E-state index in [0.29, 0.717) is 10.3 Å². The van der Waals surface area contributed by atoms with Crippen molar-refractivity contribution in [2.24, 2.45) is 0 Å². The molecule has 0 saturated carbocycles. The number of thioether (sulfide) groups is 1. The minimum atomic E-state index is -0.556. The quantitative estimate of drug-likeness (QED) is 0.461. The first-order chi connectivity index (χ1) is 13.1. The summed E-state index contributed by atoms with van der Waals surface area (Å²) in [5.74, 6) is -0.0612. The summed E-state index contributed by atoms with van der Waals surface area (Å²) < 4.78 is 11.2. The van der Waals surface area contributed by atoms with Crippen LogP contribution in [-0.2, 0) is 9.53 Å². The molecule has 1 aromatic carbocycles. The Bertz CT molecular complexity index is 940. The van der Waals surface area contributed by atoms with Crippen molar-refractivity contribution in [3.63, 3.8) is 0 Å². The second-order valence-corrected chi connectivity index (χ2v) is 6.74. The van der Waals surface area contributed by atoms with E-state index in [1.165, 1.54) is 28.9 Å². The average molecular weight is 406 g/mol. The summed E-state index contributed by atoms with van der Waals surface area (Å²) in [4.78, 5) is 27.5. The molecule has 3 aromatic rings. The molecule has 0 aliphatic carbocycles. The number of carbonyl (C=O) groups is 2. The molecule has 1 amide bonds. The van der Waals surface area contributed by atoms with Gasteiger partial charge in [-0.25, -0.2) is 9.78 Å². The predicted molar refractivity (Wildman–Crippen MR) is 98.5 cm³/mol. The Morgan fingerprint density at radius 2 is 2.04 bits per heavy atom. The van der Waals surface area contributed by atoms with Gasteiger partial charge in [0.25, 0.3) is 0 Å². The summed E-state index contributed by atoms with van der Waals surface area (Å²) in [7, 11) is 2.85. The van der Waals surface area contributed by atoms with Crippen LogP contribution in [0.15, 0.2) is 34.8 Å². The lowest BCUT2D eigenvalue weighted by Gasteiger charge is -2.05. The number of anilines is 1. The van der Waals surface area contributed by atoms with E-state index < -0.39 is 5.97 Å². The summed E-state index contributed by atoms with van der Waals surface area (Å²) in [6.07, 6.45) is 0. The van der Waals surface area contributed by atoms with E-state index in [4.69, 9.17) is 4.74 Å². The minimum Gasteiger partial charge on any atom is -0.497 e. The number of thiazole rings is 1. The zero-order valence-corrected chi connectivity index (χ0v) is 15.9. The van der Waals surface area contributed by atoms with Crippen LogP contribution in [0, 0.1) is 0 Å². The topological polar surface area (TPSA) is 121 Å². The van der Waals surface area contributed by atoms with Gasteiger partial charge in [0.1, 0.15) is 5.75 Å². The van der Waals surface area contributed by atoms with Crippen LogP contribution >= 0.6 is 23.1 Å². The molecule has 0 saturated heterocycles. The van der Waals surface area contributed by atoms with Crippen molar-refractivity contribution < 1.29 is 19.1 Å². The van der Waals surface area contributed by atoms with Crippen molar-refractivity contribution in [2.75, 3.05) is 25.3 Å². The summed E-state index contributed by atoms with van der Waals surface area (Å²) in [5, 5.41) is 16.4. The summed E-state index contributed by atoms with van der Waals surface area (Å²) >= 11 is 2.31. The molecule has 0 aliphatic heterocycles. The number of ether oxygens (including phenoxy) is 2. The highest BCUT2D eigenvalue weighted by Crippen LogP contribution is 2.21. The van der Waals surface area contributed by atoms with Crippen molar-refractivity contribution in [1.82, 2.24) is 25.2 Å². The molecule has 0 atom stereocenters. The van der Waals surface area contributed by atoms with Gasteiger partial charge in [0.15, 0.2) is 10.8 Å². The first kappa shape index (κ1) is 18.8. The van der Waals surface area contributed by atoms with Crippen LogP contribution in [0.4, 0.5) is 5.13 Å². The van der Waals surface area contributed by atoms with E-state index in [9.17, 15) is 9.59 Å². The number of hydrogen-bond donors (Lipinski definition) is 1. The maximum Gasteiger partial charge on any atom is 0.357 e. The maximum atomic E-state index is 12.1. The number of nitrogens with zero attached hydrogens (tertiary/aromatic N) is 5. The van der Waals surface area contributed by atoms with Crippen LogP contribution in [0.1, 0.15) is 10.5 Å². The number of aromatic nitrogens is 5. The Morgan fingerprint density at radius 1 is 1.26 bits per heavy atom. The number of tetrazole rings is 1. The number of methoxy groups -OCH3 is 2. The molecule has 3 rings (SSSR count). The molecule has 0 aliphatic rings. The SMILES string of the molecule is COC(=O)c1csc(NC(=O)CSc2nnnn2-c2ccc(OC)cc2)n1. The first-order valence-corrected chi connectivity index (χ1v) is 9.36. The van der Waals surface area contributed by atoms with Crippen molar-refractivity contribution in [2.45, 2.75) is 5.16 Å². The molecule has 140 valence electrons. The van der Waals surface area contributed by atoms with Gasteiger partial charge in [0.2, 0.25) is 11.1 Å². The standard InChI is InChI=1S/C15H14N6O4S2/c1-24-10-5-3-9(4-6-10)21-15(18-19-20-21)27-8-12(22)17-14-16-11(7-26-14)13(23)25-2/h3-7H,8H2,1-2H3,(H,16,17,22). The molecule has 10 nitrogen and oxygen atoms in total. The lowest BCUT2D eigenvalue weighted by molar-refractivity contribution is -0.113. The molecule has 0 fully saturated rings. The van der Waals surface area contributed by atoms with Crippen molar-refractivity contribution in [3.05, 3.63) is 35.3 Å². The fraction of sp³-hybridized carbons (Fsp3) is 0.200. The zero-order valence-electron chi connectivity index (χ0n) is 14.3. The summed E-state index contributed by atoms with van der Waals surface area (Å²) in [6.45, 7) is 0. The average Bonchev–Trinajstić information content (AvgIpc) is 3.35. The molecule has 0 bridgehead atoms. The van der Waals surface area contributed by atoms with Gasteiger partial charge >= 0.3 is 5.97 Å². The Hall–Kier alpha value is -2.99. The van der Waals surface area contributed by atoms with Crippen molar-refractivity contribution in [3.8, 4) is 11.4 Å². The Balaban J connectivity index is 1.60. The van der Waals surface area contributed by atoms with Gasteiger partial charge in [-0.3, -0.25) is 4.79 Å². The van der Waals surface area contributed by atoms with Gasteiger partial charge in [0.05, 0.1) is 25.7 Å². The summed E-state index contributed by atoms with van der Waals surface area (Å²) in [6, 6.07) is 7.20. The van der Waals surface area contributed by atoms with E-state index in [1.807, 2.05) is 12.1 Å². The highest BCUT2D eigenvalue weighted by atomic mass is 32.2. The van der Waals surface area contributed by atoms with Gasteiger partial charge in [-0.05, 0) is 34.7 Å². The van der Waals surface area contributed by atoms with Crippen LogP contribution in [0.2, 0.25) is 0 Å². The molecule has 1 N–H and O–H groups in total. The smallest absolute Gasteiger partial charge is 0.357 e. The molecular weight excluding hydrogens is 392 g/mol. The number of nitrogens with one attached hydrogen (secondary N) is 1. The fourth-order valence-electron chi connectivity index (χ4n) is 1.97. The Morgan fingerprint density at radius 3 is 2.74 bits per heavy atom. The third kappa shape index (κ3) is 4.60. The van der Waals surface area contributed by atoms with Gasteiger partial charge in [-0.2, -0.15) is 4.68 Å². The normalized spacial score (nSPS) is 10.4. The molecule has 27 heavy (non-hydrogen) atoms. The predicted octanol–water partition coefficient (Wildman–Crippen LogP) is 1.64. The minimum absolute atomic E-state index is 0.0731. The van der Waals surface area contributed by atoms with Crippen LogP contribution in [0.3, 0.4) is 0 Å². The number of rotatable bonds is 7. The lowest BCUT2D eigenvalue weighted by Crippen LogP contribution is -2.15. The zero-order chi connectivity index (χ0) is 19.2. The van der Waals surface area contributed by atoms with Crippen LogP contribution in [-0.4, -0.2) is 57.0 Å². The first-order valence-electron chi connectivity index (χ1n) is 7.50. The second-order valence-electron chi connectivity index (χ2n) is 4.94. The maximum absolute atomic E-state index is 12.1. The van der Waals surface area contributed by atoms with Gasteiger partial charge in [0, 0.05) is 5.38 Å². The number of amides is 1. The highest BCUT2D eigenvalue weighted by Gasteiger charge is 2.15. The van der Waals surface area contributed by atoms with Crippen LogP contribution in [0.5, 0.6) is 5.75 Å². The van der Waals surface area contributed by atoms with E-state index in [1.54, 1.807) is 19.2 Å². The number of benzene rings is 1. The highest BCUT2D eigenvalue weighted by molar-refractivity contribution is 7.99. The van der Waals surface area contributed by atoms with Gasteiger partial charge in [-0.15, -0.1) is 16.4 Å². The van der Waals surface area contributed by atoms with E-state index in [-0.39, 0.29) is 17.4 Å². The van der Waals surface area contributed by atoms with Crippen LogP contribution < -0.4 is 10.1 Å². The van der Waals surface area contributed by atoms with Gasteiger partial charge < -0.3 is 14.8 Å². The van der Waals surface area contributed by atoms with Crippen molar-refractivity contribution >= 4 is 40.1 Å². The molecule has 0 unspecified atom stereocenters. The number of carbonyl (C=O) groups excluding carboxylic acids is 2. The molecule has 0 radical (unpaired) electrons. The number of esters is 1. The lowest BCUT2D eigenvalue weighted by atomic mass is 10.3. The Kier molecular flexibility index (Phi) is 5.98. The van der Waals surface area contributed by atoms with Gasteiger partial charge in [-0.1, -0.05) is 11.8 Å². The number of hydrogen-bond acceptors (Lipinski definition) is 10. The molecule has 2 aromatic heterocycles. The molecule has 12 heteroatoms. The van der Waals surface area contributed by atoms with E-state index >= 15 is 0 Å². The third-order valence-corrected chi connectivity index (χ3v) is 4.91. The van der Waals surface area contributed by atoms with E-state index in [2.05, 4.69) is 30.6 Å². The fourth-order valence-corrected chi connectivity index (χ4v) is 3.36. The molecular formula is C15H14N6O4S2. The molecule has 2 heterocycles. The largest absolute Gasteiger partial charge is 0.497 e.